The van der Waals surface area contributed by atoms with Crippen LogP contribution >= 0.6 is 23.2 Å². The fraction of sp³-hybridized carbons (Fsp3) is 0.533. The van der Waals surface area contributed by atoms with Gasteiger partial charge in [-0.1, -0.05) is 48.5 Å². The molecule has 0 spiro atoms. The van der Waals surface area contributed by atoms with Crippen molar-refractivity contribution in [3.8, 4) is 0 Å². The molecular weight excluding hydrogens is 297 g/mol. The number of halogens is 2. The van der Waals surface area contributed by atoms with Gasteiger partial charge >= 0.3 is 5.97 Å². The van der Waals surface area contributed by atoms with E-state index in [1.807, 2.05) is 0 Å². The summed E-state index contributed by atoms with van der Waals surface area (Å²) in [5, 5.41) is 13.7. The molecule has 1 aliphatic rings. The second-order valence-electron chi connectivity index (χ2n) is 5.54. The van der Waals surface area contributed by atoms with Crippen LogP contribution < -0.4 is 5.32 Å². The van der Waals surface area contributed by atoms with Crippen molar-refractivity contribution >= 4 is 29.2 Å². The Kier molecular flexibility index (Phi) is 4.95. The molecule has 0 bridgehead atoms. The molecule has 1 saturated carbocycles. The Balaban J connectivity index is 2.27. The molecule has 0 aliphatic heterocycles. The lowest BCUT2D eigenvalue weighted by atomic mass is 9.87. The molecular formula is C15H19Cl2NO2. The van der Waals surface area contributed by atoms with Crippen LogP contribution in [0.2, 0.25) is 10.0 Å². The van der Waals surface area contributed by atoms with Gasteiger partial charge in [-0.15, -0.1) is 0 Å². The minimum absolute atomic E-state index is 0.235. The lowest BCUT2D eigenvalue weighted by molar-refractivity contribution is -0.145. The van der Waals surface area contributed by atoms with Crippen LogP contribution in [0, 0.1) is 0 Å². The Morgan fingerprint density at radius 2 is 1.90 bits per heavy atom. The highest BCUT2D eigenvalue weighted by Gasteiger charge is 2.37. The molecule has 0 amide bonds. The fourth-order valence-corrected chi connectivity index (χ4v) is 3.03. The molecule has 3 nitrogen and oxygen atoms in total. The molecule has 1 unspecified atom stereocenters. The van der Waals surface area contributed by atoms with E-state index in [1.54, 1.807) is 25.1 Å². The van der Waals surface area contributed by atoms with Gasteiger partial charge in [-0.2, -0.15) is 0 Å². The van der Waals surface area contributed by atoms with Gasteiger partial charge in [-0.25, -0.2) is 4.79 Å². The number of aliphatic carboxylic acids is 1. The summed E-state index contributed by atoms with van der Waals surface area (Å²) in [6.07, 6.45) is 5.56. The van der Waals surface area contributed by atoms with Crippen molar-refractivity contribution in [1.82, 2.24) is 5.32 Å². The number of carboxylic acid groups (broad SMARTS) is 1. The first-order valence-corrected chi connectivity index (χ1v) is 7.65. The van der Waals surface area contributed by atoms with Gasteiger partial charge in [0.05, 0.1) is 10.0 Å². The van der Waals surface area contributed by atoms with E-state index in [2.05, 4.69) is 5.32 Å². The maximum Gasteiger partial charge on any atom is 0.328 e. The smallest absolute Gasteiger partial charge is 0.328 e. The average molecular weight is 316 g/mol. The molecule has 0 saturated heterocycles. The van der Waals surface area contributed by atoms with Crippen molar-refractivity contribution in [3.63, 3.8) is 0 Å². The molecule has 5 heteroatoms. The molecule has 1 aromatic carbocycles. The standard InChI is InChI=1S/C15H19Cl2NO2/c1-15(14(19)20,18-11-5-3-2-4-6-11)10-7-8-12(16)13(17)9-10/h7-9,11,18H,2-6H2,1H3,(H,19,20). The van der Waals surface area contributed by atoms with E-state index in [0.717, 1.165) is 25.7 Å². The molecule has 0 heterocycles. The predicted octanol–water partition coefficient (Wildman–Crippen LogP) is 4.22. The van der Waals surface area contributed by atoms with Crippen LogP contribution in [-0.2, 0) is 10.3 Å². The zero-order valence-corrected chi connectivity index (χ0v) is 13.0. The molecule has 1 fully saturated rings. The van der Waals surface area contributed by atoms with Gasteiger partial charge in [0.1, 0.15) is 5.54 Å². The number of carboxylic acids is 1. The van der Waals surface area contributed by atoms with Crippen LogP contribution in [0.15, 0.2) is 18.2 Å². The van der Waals surface area contributed by atoms with E-state index in [9.17, 15) is 9.90 Å². The largest absolute Gasteiger partial charge is 0.480 e. The number of benzene rings is 1. The topological polar surface area (TPSA) is 49.3 Å². The number of nitrogens with one attached hydrogen (secondary N) is 1. The Morgan fingerprint density at radius 3 is 2.45 bits per heavy atom. The molecule has 0 aromatic heterocycles. The molecule has 1 aromatic rings. The molecule has 1 aliphatic carbocycles. The van der Waals surface area contributed by atoms with Crippen molar-refractivity contribution in [2.24, 2.45) is 0 Å². The molecule has 20 heavy (non-hydrogen) atoms. The van der Waals surface area contributed by atoms with Crippen LogP contribution in [0.4, 0.5) is 0 Å². The molecule has 2 N–H and O–H groups in total. The summed E-state index contributed by atoms with van der Waals surface area (Å²) < 4.78 is 0. The maximum atomic E-state index is 11.8. The minimum Gasteiger partial charge on any atom is -0.480 e. The number of hydrogen-bond acceptors (Lipinski definition) is 2. The van der Waals surface area contributed by atoms with Crippen LogP contribution in [-0.4, -0.2) is 17.1 Å². The highest BCUT2D eigenvalue weighted by Crippen LogP contribution is 2.31. The average Bonchev–Trinajstić information content (AvgIpc) is 2.42. The summed E-state index contributed by atoms with van der Waals surface area (Å²) in [7, 11) is 0. The van der Waals surface area contributed by atoms with E-state index in [0.29, 0.717) is 15.6 Å². The van der Waals surface area contributed by atoms with Gasteiger partial charge in [0.2, 0.25) is 0 Å². The highest BCUT2D eigenvalue weighted by molar-refractivity contribution is 6.42. The summed E-state index contributed by atoms with van der Waals surface area (Å²) in [6, 6.07) is 5.23. The minimum atomic E-state index is -1.14. The summed E-state index contributed by atoms with van der Waals surface area (Å²) in [5.74, 6) is -0.901. The summed E-state index contributed by atoms with van der Waals surface area (Å²) >= 11 is 11.9. The second-order valence-corrected chi connectivity index (χ2v) is 6.35. The fourth-order valence-electron chi connectivity index (χ4n) is 2.73. The quantitative estimate of drug-likeness (QED) is 0.874. The first kappa shape index (κ1) is 15.6. The third-order valence-electron chi connectivity index (χ3n) is 4.02. The number of carbonyl (C=O) groups is 1. The highest BCUT2D eigenvalue weighted by atomic mass is 35.5. The molecule has 2 rings (SSSR count). The number of rotatable bonds is 4. The third-order valence-corrected chi connectivity index (χ3v) is 4.76. The van der Waals surface area contributed by atoms with Gasteiger partial charge in [-0.3, -0.25) is 5.32 Å². The van der Waals surface area contributed by atoms with Crippen LogP contribution in [0.1, 0.15) is 44.6 Å². The van der Waals surface area contributed by atoms with Gasteiger partial charge < -0.3 is 5.11 Å². The van der Waals surface area contributed by atoms with Crippen molar-refractivity contribution in [1.29, 1.82) is 0 Å². The normalized spacial score (nSPS) is 19.6. The Morgan fingerprint density at radius 1 is 1.25 bits per heavy atom. The van der Waals surface area contributed by atoms with Gasteiger partial charge in [0, 0.05) is 6.04 Å². The Bertz CT molecular complexity index is 501. The SMILES string of the molecule is CC(NC1CCCCC1)(C(=O)O)c1ccc(Cl)c(Cl)c1. The van der Waals surface area contributed by atoms with Crippen LogP contribution in [0.3, 0.4) is 0 Å². The van der Waals surface area contributed by atoms with Crippen molar-refractivity contribution in [3.05, 3.63) is 33.8 Å². The van der Waals surface area contributed by atoms with E-state index in [4.69, 9.17) is 23.2 Å². The zero-order chi connectivity index (χ0) is 14.8. The first-order valence-electron chi connectivity index (χ1n) is 6.90. The second kappa shape index (κ2) is 6.33. The van der Waals surface area contributed by atoms with E-state index in [1.165, 1.54) is 6.42 Å². The summed E-state index contributed by atoms with van der Waals surface area (Å²) in [4.78, 5) is 11.8. The monoisotopic (exact) mass is 315 g/mol. The van der Waals surface area contributed by atoms with Gasteiger partial charge in [-0.05, 0) is 37.5 Å². The van der Waals surface area contributed by atoms with E-state index >= 15 is 0 Å². The Labute approximate surface area is 129 Å². The summed E-state index contributed by atoms with van der Waals surface area (Å²) in [6.45, 7) is 1.68. The van der Waals surface area contributed by atoms with Crippen molar-refractivity contribution < 1.29 is 9.90 Å². The van der Waals surface area contributed by atoms with E-state index in [-0.39, 0.29) is 6.04 Å². The van der Waals surface area contributed by atoms with E-state index < -0.39 is 11.5 Å². The summed E-state index contributed by atoms with van der Waals surface area (Å²) in [5.41, 5.74) is -0.513. The third kappa shape index (κ3) is 3.27. The molecule has 1 atom stereocenters. The maximum absolute atomic E-state index is 11.8. The first-order chi connectivity index (χ1) is 9.43. The lowest BCUT2D eigenvalue weighted by Gasteiger charge is -2.34. The molecule has 0 radical (unpaired) electrons. The predicted molar refractivity (Wildman–Crippen MR) is 81.5 cm³/mol. The van der Waals surface area contributed by atoms with Crippen molar-refractivity contribution in [2.75, 3.05) is 0 Å². The van der Waals surface area contributed by atoms with Gasteiger partial charge in [0.15, 0.2) is 0 Å². The Hall–Kier alpha value is -0.770. The van der Waals surface area contributed by atoms with Gasteiger partial charge in [0.25, 0.3) is 0 Å². The molecule has 110 valence electrons. The van der Waals surface area contributed by atoms with Crippen molar-refractivity contribution in [2.45, 2.75) is 50.6 Å². The van der Waals surface area contributed by atoms with Crippen LogP contribution in [0.25, 0.3) is 0 Å². The zero-order valence-electron chi connectivity index (χ0n) is 11.5. The lowest BCUT2D eigenvalue weighted by Crippen LogP contribution is -2.51. The van der Waals surface area contributed by atoms with Crippen LogP contribution in [0.5, 0.6) is 0 Å². The number of hydrogen-bond donors (Lipinski definition) is 2.